The molecular formula is C25H36N2O6S. The molecule has 3 rings (SSSR count). The quantitative estimate of drug-likeness (QED) is 0.559. The predicted molar refractivity (Wildman–Crippen MR) is 129 cm³/mol. The molecule has 0 aromatic heterocycles. The van der Waals surface area contributed by atoms with Crippen LogP contribution in [0.25, 0.3) is 0 Å². The molecule has 34 heavy (non-hydrogen) atoms. The van der Waals surface area contributed by atoms with Crippen LogP contribution in [0.2, 0.25) is 0 Å². The number of aryl methyl sites for hydroxylation is 1. The Bertz CT molecular complexity index is 1000. The molecule has 8 nitrogen and oxygen atoms in total. The van der Waals surface area contributed by atoms with Crippen molar-refractivity contribution in [3.05, 3.63) is 35.4 Å². The third kappa shape index (κ3) is 6.81. The van der Waals surface area contributed by atoms with Crippen molar-refractivity contribution >= 4 is 27.6 Å². The lowest BCUT2D eigenvalue weighted by Gasteiger charge is -2.38. The van der Waals surface area contributed by atoms with E-state index < -0.39 is 28.5 Å². The molecule has 2 fully saturated rings. The van der Waals surface area contributed by atoms with Gasteiger partial charge in [-0.15, -0.1) is 0 Å². The summed E-state index contributed by atoms with van der Waals surface area (Å²) in [5.41, 5.74) is 1.37. The average molecular weight is 493 g/mol. The third-order valence-electron chi connectivity index (χ3n) is 6.68. The van der Waals surface area contributed by atoms with Crippen LogP contribution < -0.4 is 5.32 Å². The first kappa shape index (κ1) is 26.2. The number of carbonyl (C=O) groups is 3. The third-order valence-corrected chi connectivity index (χ3v) is 8.43. The summed E-state index contributed by atoms with van der Waals surface area (Å²) in [6.45, 7) is 5.00. The molecule has 1 N–H and O–H groups in total. The number of hydrogen-bond donors (Lipinski definition) is 1. The van der Waals surface area contributed by atoms with E-state index in [0.29, 0.717) is 12.0 Å². The van der Waals surface area contributed by atoms with E-state index in [1.165, 1.54) is 0 Å². The molecule has 2 amide bonds. The molecule has 0 bridgehead atoms. The maximum absolute atomic E-state index is 13.2. The van der Waals surface area contributed by atoms with E-state index in [4.69, 9.17) is 4.74 Å². The summed E-state index contributed by atoms with van der Waals surface area (Å²) in [5, 5.41) is 2.72. The zero-order valence-electron chi connectivity index (χ0n) is 20.3. The number of amides is 2. The summed E-state index contributed by atoms with van der Waals surface area (Å²) in [7, 11) is -3.16. The van der Waals surface area contributed by atoms with Crippen LogP contribution in [0.4, 0.5) is 0 Å². The van der Waals surface area contributed by atoms with Crippen LogP contribution in [0.1, 0.15) is 68.3 Å². The number of nitrogens with zero attached hydrogens (tertiary/aromatic N) is 1. The van der Waals surface area contributed by atoms with Crippen LogP contribution >= 0.6 is 0 Å². The van der Waals surface area contributed by atoms with Crippen LogP contribution in [-0.4, -0.2) is 67.3 Å². The molecule has 188 valence electrons. The number of ether oxygens (including phenoxy) is 1. The van der Waals surface area contributed by atoms with Crippen LogP contribution in [0.15, 0.2) is 24.3 Å². The van der Waals surface area contributed by atoms with E-state index in [1.807, 2.05) is 13.0 Å². The van der Waals surface area contributed by atoms with Gasteiger partial charge < -0.3 is 15.0 Å². The highest BCUT2D eigenvalue weighted by Gasteiger charge is 2.39. The van der Waals surface area contributed by atoms with Gasteiger partial charge in [0.1, 0.15) is 6.04 Å². The van der Waals surface area contributed by atoms with Gasteiger partial charge in [-0.05, 0) is 44.2 Å². The van der Waals surface area contributed by atoms with Gasteiger partial charge in [-0.25, -0.2) is 13.2 Å². The summed E-state index contributed by atoms with van der Waals surface area (Å²) in [4.78, 5) is 40.4. The van der Waals surface area contributed by atoms with Crippen LogP contribution in [-0.2, 0) is 24.2 Å². The first-order valence-corrected chi connectivity index (χ1v) is 14.0. The van der Waals surface area contributed by atoms with Crippen molar-refractivity contribution in [2.45, 2.75) is 77.4 Å². The lowest BCUT2D eigenvalue weighted by molar-refractivity contribution is -0.156. The Morgan fingerprint density at radius 1 is 1.09 bits per heavy atom. The smallest absolute Gasteiger partial charge is 0.329 e. The van der Waals surface area contributed by atoms with Gasteiger partial charge in [0, 0.05) is 17.6 Å². The second kappa shape index (κ2) is 11.3. The fourth-order valence-electron chi connectivity index (χ4n) is 4.87. The van der Waals surface area contributed by atoms with Crippen LogP contribution in [0.3, 0.4) is 0 Å². The van der Waals surface area contributed by atoms with Gasteiger partial charge in [0.25, 0.3) is 11.8 Å². The van der Waals surface area contributed by atoms with E-state index in [2.05, 4.69) is 5.32 Å². The Balaban J connectivity index is 1.65. The normalized spacial score (nSPS) is 21.1. The Hall–Kier alpha value is -2.42. The highest BCUT2D eigenvalue weighted by molar-refractivity contribution is 7.91. The zero-order chi connectivity index (χ0) is 24.9. The van der Waals surface area contributed by atoms with Crippen molar-refractivity contribution in [2.75, 3.05) is 18.1 Å². The van der Waals surface area contributed by atoms with Gasteiger partial charge in [-0.3, -0.25) is 9.59 Å². The molecule has 0 radical (unpaired) electrons. The molecule has 2 aliphatic rings. The number of nitrogens with one attached hydrogen (secondary N) is 1. The van der Waals surface area contributed by atoms with Crippen molar-refractivity contribution in [3.8, 4) is 0 Å². The lowest BCUT2D eigenvalue weighted by atomic mass is 9.93. The largest absolute Gasteiger partial charge is 0.454 e. The standard InChI is InChI=1S/C25H36N2O6S/c1-17(2)23(26-24(29)19-9-7-8-18(3)14-19)25(30)33-15-22(28)27(20-10-5-4-6-11-20)21-12-13-34(31,32)16-21/h7-9,14,17,20-21,23H,4-6,10-13,15-16H2,1-3H3,(H,26,29)/t21?,23-/m0/s1. The first-order valence-electron chi connectivity index (χ1n) is 12.1. The summed E-state index contributed by atoms with van der Waals surface area (Å²) in [5.74, 6) is -1.63. The minimum Gasteiger partial charge on any atom is -0.454 e. The van der Waals surface area contributed by atoms with E-state index in [1.54, 1.807) is 36.9 Å². The zero-order valence-corrected chi connectivity index (χ0v) is 21.1. The number of hydrogen-bond acceptors (Lipinski definition) is 6. The monoisotopic (exact) mass is 492 g/mol. The van der Waals surface area contributed by atoms with Gasteiger partial charge in [-0.1, -0.05) is 50.8 Å². The molecule has 2 atom stereocenters. The number of esters is 1. The summed E-state index contributed by atoms with van der Waals surface area (Å²) in [6.07, 6.45) is 5.17. The Morgan fingerprint density at radius 3 is 2.38 bits per heavy atom. The molecule has 1 aliphatic carbocycles. The molecule has 9 heteroatoms. The summed E-state index contributed by atoms with van der Waals surface area (Å²) in [6, 6.07) is 5.75. The molecule has 1 saturated heterocycles. The van der Waals surface area contributed by atoms with Crippen molar-refractivity contribution in [3.63, 3.8) is 0 Å². The van der Waals surface area contributed by atoms with E-state index >= 15 is 0 Å². The molecule has 1 unspecified atom stereocenters. The molecule has 1 aliphatic heterocycles. The number of benzene rings is 1. The summed E-state index contributed by atoms with van der Waals surface area (Å²) >= 11 is 0. The SMILES string of the molecule is Cc1cccc(C(=O)N[C@H](C(=O)OCC(=O)N(C2CCCCC2)C2CCS(=O)(=O)C2)C(C)C)c1. The van der Waals surface area contributed by atoms with E-state index in [9.17, 15) is 22.8 Å². The van der Waals surface area contributed by atoms with Gasteiger partial charge in [0.2, 0.25) is 0 Å². The summed E-state index contributed by atoms with van der Waals surface area (Å²) < 4.78 is 29.5. The number of rotatable bonds is 8. The van der Waals surface area contributed by atoms with E-state index in [-0.39, 0.29) is 41.3 Å². The maximum atomic E-state index is 13.2. The minimum absolute atomic E-state index is 0.0276. The van der Waals surface area contributed by atoms with Crippen molar-refractivity contribution in [2.24, 2.45) is 5.92 Å². The number of carbonyl (C=O) groups excluding carboxylic acids is 3. The van der Waals surface area contributed by atoms with Gasteiger partial charge >= 0.3 is 5.97 Å². The van der Waals surface area contributed by atoms with Crippen molar-refractivity contribution in [1.29, 1.82) is 0 Å². The molecular weight excluding hydrogens is 456 g/mol. The second-order valence-electron chi connectivity index (χ2n) is 9.82. The first-order chi connectivity index (χ1) is 16.1. The fourth-order valence-corrected chi connectivity index (χ4v) is 6.58. The van der Waals surface area contributed by atoms with Gasteiger partial charge in [0.05, 0.1) is 11.5 Å². The molecule has 1 saturated carbocycles. The van der Waals surface area contributed by atoms with Crippen LogP contribution in [0.5, 0.6) is 0 Å². The Labute approximate surface area is 202 Å². The second-order valence-corrected chi connectivity index (χ2v) is 12.1. The highest BCUT2D eigenvalue weighted by atomic mass is 32.2. The topological polar surface area (TPSA) is 110 Å². The van der Waals surface area contributed by atoms with Gasteiger partial charge in [-0.2, -0.15) is 0 Å². The predicted octanol–water partition coefficient (Wildman–Crippen LogP) is 2.64. The lowest BCUT2D eigenvalue weighted by Crippen LogP contribution is -2.51. The average Bonchev–Trinajstić information content (AvgIpc) is 3.15. The molecule has 1 heterocycles. The Kier molecular flexibility index (Phi) is 8.73. The van der Waals surface area contributed by atoms with Gasteiger partial charge in [0.15, 0.2) is 16.4 Å². The Morgan fingerprint density at radius 2 is 1.79 bits per heavy atom. The fraction of sp³-hybridized carbons (Fsp3) is 0.640. The van der Waals surface area contributed by atoms with E-state index in [0.717, 1.165) is 37.7 Å². The molecule has 0 spiro atoms. The van der Waals surface area contributed by atoms with Crippen LogP contribution in [0, 0.1) is 12.8 Å². The van der Waals surface area contributed by atoms with Crippen molar-refractivity contribution in [1.82, 2.24) is 10.2 Å². The minimum atomic E-state index is -3.16. The maximum Gasteiger partial charge on any atom is 0.329 e. The molecule has 1 aromatic carbocycles. The number of sulfone groups is 1. The van der Waals surface area contributed by atoms with Crippen molar-refractivity contribution < 1.29 is 27.5 Å². The molecule has 1 aromatic rings. The highest BCUT2D eigenvalue weighted by Crippen LogP contribution is 2.28.